The predicted molar refractivity (Wildman–Crippen MR) is 43.0 cm³/mol. The van der Waals surface area contributed by atoms with Crippen LogP contribution in [0.5, 0.6) is 0 Å². The second kappa shape index (κ2) is 16.5. The smallest absolute Gasteiger partial charge is 1.00 e. The summed E-state index contributed by atoms with van der Waals surface area (Å²) in [5.41, 5.74) is 0. The molecular weight excluding hydrogens is 160 g/mol. The van der Waals surface area contributed by atoms with E-state index in [0.717, 1.165) is 17.3 Å². The molecule has 0 N–H and O–H groups in total. The summed E-state index contributed by atoms with van der Waals surface area (Å²) in [4.78, 5) is 0. The summed E-state index contributed by atoms with van der Waals surface area (Å²) in [6, 6.07) is 0. The first-order chi connectivity index (χ1) is 4.15. The Morgan fingerprint density at radius 3 is 1.40 bits per heavy atom. The van der Waals surface area contributed by atoms with Gasteiger partial charge in [-0.3, -0.25) is 0 Å². The van der Waals surface area contributed by atoms with Crippen LogP contribution in [0.2, 0.25) is 4.05 Å². The summed E-state index contributed by atoms with van der Waals surface area (Å²) in [6.07, 6.45) is 0. The summed E-state index contributed by atoms with van der Waals surface area (Å²) in [6.45, 7) is 10.0. The van der Waals surface area contributed by atoms with Gasteiger partial charge < -0.3 is 17.1 Å². The molecule has 0 aromatic rings. The molecule has 0 unspecified atom stereocenters. The van der Waals surface area contributed by atoms with Crippen molar-refractivity contribution in [3.8, 4) is 0 Å². The Kier molecular flexibility index (Phi) is 28.4. The molecule has 0 saturated heterocycles. The Morgan fingerprint density at radius 2 is 1.40 bits per heavy atom. The molecule has 0 aliphatic heterocycles. The zero-order valence-electron chi connectivity index (χ0n) is 7.48. The molecule has 0 fully saturated rings. The van der Waals surface area contributed by atoms with E-state index < -0.39 is 0 Å². The molecule has 10 heavy (non-hydrogen) atoms. The predicted octanol–water partition coefficient (Wildman–Crippen LogP) is -0.970. The van der Waals surface area contributed by atoms with Gasteiger partial charge in [0, 0.05) is 13.2 Å². The summed E-state index contributed by atoms with van der Waals surface area (Å²) >= 11 is 2.00. The second-order valence-electron chi connectivity index (χ2n) is 2.18. The summed E-state index contributed by atoms with van der Waals surface area (Å²) in [5, 5.41) is 0. The van der Waals surface area contributed by atoms with Crippen LogP contribution in [0.3, 0.4) is 0 Å². The Bertz CT molecular complexity index is 37.8. The third-order valence-corrected chi connectivity index (χ3v) is 0.408. The quantitative estimate of drug-likeness (QED) is 0.493. The minimum absolute atomic E-state index is 0. The van der Waals surface area contributed by atoms with E-state index in [1.165, 1.54) is 0 Å². The first-order valence-electron chi connectivity index (χ1n) is 3.55. The van der Waals surface area contributed by atoms with Crippen molar-refractivity contribution in [3.63, 3.8) is 0 Å². The third kappa shape index (κ3) is 63.7. The van der Waals surface area contributed by atoms with Crippen molar-refractivity contribution >= 4 is 21.7 Å². The van der Waals surface area contributed by atoms with Gasteiger partial charge in [-0.1, -0.05) is 0 Å². The van der Waals surface area contributed by atoms with E-state index in [1.54, 1.807) is 0 Å². The van der Waals surface area contributed by atoms with E-state index in [2.05, 4.69) is 13.8 Å². The standard InChI is InChI=1S/C4H10O.C3H7.ClH.Mg/c1-3-5-4-2;1-3-2;;/h3-4H2,1-2H3;3H,1-2H3;1H;/q;;;+1/p-1. The molecule has 0 atom stereocenters. The fraction of sp³-hybridized carbons (Fsp3) is 1.00. The van der Waals surface area contributed by atoms with E-state index in [9.17, 15) is 0 Å². The fourth-order valence-electron chi connectivity index (χ4n) is 0.204. The van der Waals surface area contributed by atoms with E-state index >= 15 is 0 Å². The van der Waals surface area contributed by atoms with Gasteiger partial charge in [-0.2, -0.15) is 0 Å². The van der Waals surface area contributed by atoms with Crippen LogP contribution in [0.25, 0.3) is 0 Å². The number of hydrogen-bond acceptors (Lipinski definition) is 1. The van der Waals surface area contributed by atoms with Gasteiger partial charge in [0.15, 0.2) is 0 Å². The van der Waals surface area contributed by atoms with Gasteiger partial charge in [-0.05, 0) is 13.8 Å². The van der Waals surface area contributed by atoms with Crippen molar-refractivity contribution < 1.29 is 17.1 Å². The molecule has 0 aromatic heterocycles. The zero-order chi connectivity index (χ0) is 7.70. The van der Waals surface area contributed by atoms with Crippen molar-refractivity contribution in [2.45, 2.75) is 31.7 Å². The SMILES string of the molecule is CCOCC.C[CH](C)[Mg+].[Cl-]. The molecule has 0 aliphatic rings. The molecule has 0 spiro atoms. The van der Waals surface area contributed by atoms with Gasteiger partial charge in [-0.15, -0.1) is 0 Å². The van der Waals surface area contributed by atoms with Crippen LogP contribution in [-0.4, -0.2) is 34.9 Å². The topological polar surface area (TPSA) is 9.23 Å². The number of ether oxygens (including phenoxy) is 1. The Balaban J connectivity index is -0.0000000910. The molecular formula is C7H17ClMgO. The molecule has 0 amide bonds. The van der Waals surface area contributed by atoms with Crippen molar-refractivity contribution in [1.29, 1.82) is 0 Å². The van der Waals surface area contributed by atoms with Crippen LogP contribution in [-0.2, 0) is 4.74 Å². The normalized spacial score (nSPS) is 7.90. The van der Waals surface area contributed by atoms with Gasteiger partial charge in [0.2, 0.25) is 0 Å². The maximum Gasteiger partial charge on any atom is -1.00 e. The van der Waals surface area contributed by atoms with E-state index in [4.69, 9.17) is 4.74 Å². The maximum absolute atomic E-state index is 4.83. The largest absolute Gasteiger partial charge is 1.00 e. The fourth-order valence-corrected chi connectivity index (χ4v) is 0.204. The van der Waals surface area contributed by atoms with Gasteiger partial charge >= 0.3 is 39.6 Å². The van der Waals surface area contributed by atoms with Crippen molar-refractivity contribution in [2.24, 2.45) is 0 Å². The molecule has 0 bridgehead atoms. The Morgan fingerprint density at radius 1 is 1.20 bits per heavy atom. The van der Waals surface area contributed by atoms with Gasteiger partial charge in [0.05, 0.1) is 0 Å². The Labute approximate surface area is 83.8 Å². The first kappa shape index (κ1) is 17.2. The third-order valence-electron chi connectivity index (χ3n) is 0.408. The van der Waals surface area contributed by atoms with Crippen molar-refractivity contribution in [2.75, 3.05) is 13.2 Å². The molecule has 1 nitrogen and oxygen atoms in total. The summed E-state index contributed by atoms with van der Waals surface area (Å²) in [7, 11) is 0. The van der Waals surface area contributed by atoms with Crippen LogP contribution in [0.15, 0.2) is 0 Å². The molecule has 0 rings (SSSR count). The van der Waals surface area contributed by atoms with Crippen molar-refractivity contribution in [3.05, 3.63) is 0 Å². The van der Waals surface area contributed by atoms with Crippen LogP contribution < -0.4 is 12.4 Å². The molecule has 0 heterocycles. The zero-order valence-corrected chi connectivity index (χ0v) is 9.66. The second-order valence-corrected chi connectivity index (χ2v) is 3.81. The van der Waals surface area contributed by atoms with Gasteiger partial charge in [-0.25, -0.2) is 0 Å². The molecule has 60 valence electrons. The minimum atomic E-state index is 0. The van der Waals surface area contributed by atoms with Crippen LogP contribution in [0.1, 0.15) is 27.7 Å². The Hall–Kier alpha value is 1.02. The molecule has 0 saturated carbocycles. The van der Waals surface area contributed by atoms with Crippen LogP contribution in [0.4, 0.5) is 0 Å². The maximum atomic E-state index is 4.83. The van der Waals surface area contributed by atoms with Gasteiger partial charge in [0.25, 0.3) is 0 Å². The van der Waals surface area contributed by atoms with Crippen LogP contribution >= 0.6 is 0 Å². The van der Waals surface area contributed by atoms with Crippen LogP contribution in [0, 0.1) is 0 Å². The minimum Gasteiger partial charge on any atom is -1.00 e. The van der Waals surface area contributed by atoms with E-state index in [-0.39, 0.29) is 12.4 Å². The average Bonchev–Trinajstić information content (AvgIpc) is 1.66. The van der Waals surface area contributed by atoms with E-state index in [0.29, 0.717) is 0 Å². The average molecular weight is 177 g/mol. The molecule has 0 aliphatic carbocycles. The number of hydrogen-bond donors (Lipinski definition) is 0. The van der Waals surface area contributed by atoms with E-state index in [1.807, 2.05) is 35.6 Å². The molecule has 0 aromatic carbocycles. The van der Waals surface area contributed by atoms with Gasteiger partial charge in [0.1, 0.15) is 0 Å². The summed E-state index contributed by atoms with van der Waals surface area (Å²) in [5.74, 6) is 0. The molecule has 3 heteroatoms. The monoisotopic (exact) mass is 176 g/mol. The molecule has 0 radical (unpaired) electrons. The number of rotatable bonds is 2. The summed E-state index contributed by atoms with van der Waals surface area (Å²) < 4.78 is 5.69. The van der Waals surface area contributed by atoms with Crippen molar-refractivity contribution in [1.82, 2.24) is 0 Å². The number of halogens is 1. The first-order valence-corrected chi connectivity index (χ1v) is 4.37.